The van der Waals surface area contributed by atoms with Crippen LogP contribution in [0.2, 0.25) is 0 Å². The lowest BCUT2D eigenvalue weighted by atomic mass is 10.00. The fraction of sp³-hybridized carbons (Fsp3) is 0.333. The minimum absolute atomic E-state index is 0.499. The number of aliphatic imine (C=N–C) groups is 2. The molecule has 0 aromatic heterocycles. The number of nitrogens with two attached hydrogens (primary N) is 1. The Balaban J connectivity index is 2.15. The highest BCUT2D eigenvalue weighted by molar-refractivity contribution is 5.77. The molecule has 1 aromatic rings. The molecule has 1 rings (SSSR count). The molecule has 0 aliphatic rings. The number of hydrogen-bond donors (Lipinski definition) is 2. The maximum Gasteiger partial charge on any atom is 0.0885 e. The quantitative estimate of drug-likeness (QED) is 0.396. The number of rotatable bonds is 10. The molecule has 0 aliphatic carbocycles. The first kappa shape index (κ1) is 17.9. The largest absolute Gasteiger partial charge is 0.396 e. The number of benzene rings is 1. The molecule has 0 aliphatic heterocycles. The summed E-state index contributed by atoms with van der Waals surface area (Å²) >= 11 is 0. The van der Waals surface area contributed by atoms with E-state index in [1.807, 2.05) is 0 Å². The highest BCUT2D eigenvalue weighted by Gasteiger charge is 1.99. The van der Waals surface area contributed by atoms with Gasteiger partial charge in [-0.1, -0.05) is 36.4 Å². The van der Waals surface area contributed by atoms with Crippen LogP contribution in [0, 0.1) is 6.92 Å². The standard InChI is InChI=1S/C18H26N4/c1-15(8-9-17-7-5-4-6-16(17)2)10-11-21-14-22-13-18(19)12-20-3/h4-7,12-13,21H,1,3,8-11,14,19H2,2H3/b18-12+,22-13?. The lowest BCUT2D eigenvalue weighted by molar-refractivity contribution is 0.687. The first-order valence-corrected chi connectivity index (χ1v) is 7.46. The Kier molecular flexibility index (Phi) is 8.53. The van der Waals surface area contributed by atoms with Crippen molar-refractivity contribution in [3.05, 3.63) is 59.4 Å². The molecule has 118 valence electrons. The second-order valence-corrected chi connectivity index (χ2v) is 5.21. The van der Waals surface area contributed by atoms with Gasteiger partial charge in [0.05, 0.1) is 18.6 Å². The maximum atomic E-state index is 5.59. The van der Waals surface area contributed by atoms with Gasteiger partial charge in [0.2, 0.25) is 0 Å². The van der Waals surface area contributed by atoms with Gasteiger partial charge in [0.25, 0.3) is 0 Å². The van der Waals surface area contributed by atoms with Gasteiger partial charge in [-0.2, -0.15) is 0 Å². The Bertz CT molecular complexity index is 544. The van der Waals surface area contributed by atoms with E-state index < -0.39 is 0 Å². The molecule has 3 N–H and O–H groups in total. The summed E-state index contributed by atoms with van der Waals surface area (Å²) in [4.78, 5) is 7.71. The number of nitrogens with zero attached hydrogens (tertiary/aromatic N) is 2. The Morgan fingerprint density at radius 1 is 1.32 bits per heavy atom. The van der Waals surface area contributed by atoms with E-state index in [4.69, 9.17) is 5.73 Å². The summed E-state index contributed by atoms with van der Waals surface area (Å²) in [6, 6.07) is 8.50. The van der Waals surface area contributed by atoms with E-state index >= 15 is 0 Å². The average molecular weight is 298 g/mol. The van der Waals surface area contributed by atoms with Crippen molar-refractivity contribution in [1.82, 2.24) is 5.32 Å². The van der Waals surface area contributed by atoms with Crippen molar-refractivity contribution in [1.29, 1.82) is 0 Å². The van der Waals surface area contributed by atoms with Crippen molar-refractivity contribution in [2.75, 3.05) is 13.2 Å². The third-order valence-corrected chi connectivity index (χ3v) is 3.35. The zero-order valence-electron chi connectivity index (χ0n) is 13.4. The lowest BCUT2D eigenvalue weighted by Crippen LogP contribution is -2.16. The van der Waals surface area contributed by atoms with Crippen LogP contribution in [-0.2, 0) is 6.42 Å². The number of nitrogens with one attached hydrogen (secondary N) is 1. The van der Waals surface area contributed by atoms with E-state index in [0.717, 1.165) is 25.8 Å². The third kappa shape index (κ3) is 7.55. The second kappa shape index (κ2) is 10.5. The maximum absolute atomic E-state index is 5.59. The summed E-state index contributed by atoms with van der Waals surface area (Å²) in [6.07, 6.45) is 6.09. The van der Waals surface area contributed by atoms with Crippen LogP contribution >= 0.6 is 0 Å². The Hall–Kier alpha value is -2.20. The summed E-state index contributed by atoms with van der Waals surface area (Å²) in [5, 5.41) is 3.24. The molecule has 0 saturated carbocycles. The van der Waals surface area contributed by atoms with Gasteiger partial charge < -0.3 is 5.73 Å². The summed E-state index contributed by atoms with van der Waals surface area (Å²) in [6.45, 7) is 11.0. The fourth-order valence-corrected chi connectivity index (χ4v) is 2.03. The predicted octanol–water partition coefficient (Wildman–Crippen LogP) is 2.99. The molecule has 0 spiro atoms. The molecule has 22 heavy (non-hydrogen) atoms. The van der Waals surface area contributed by atoms with Crippen LogP contribution in [0.1, 0.15) is 24.0 Å². The smallest absolute Gasteiger partial charge is 0.0885 e. The minimum Gasteiger partial charge on any atom is -0.396 e. The molecule has 4 nitrogen and oxygen atoms in total. The molecule has 0 unspecified atom stereocenters. The zero-order chi connectivity index (χ0) is 16.2. The molecule has 4 heteroatoms. The minimum atomic E-state index is 0.499. The van der Waals surface area contributed by atoms with Gasteiger partial charge in [0.1, 0.15) is 0 Å². The summed E-state index contributed by atoms with van der Waals surface area (Å²) in [5.74, 6) is 0. The fourth-order valence-electron chi connectivity index (χ4n) is 2.03. The Morgan fingerprint density at radius 2 is 2.09 bits per heavy atom. The van der Waals surface area contributed by atoms with Crippen molar-refractivity contribution >= 4 is 12.9 Å². The molecule has 0 amide bonds. The Labute approximate surface area is 133 Å². The highest BCUT2D eigenvalue weighted by Crippen LogP contribution is 2.13. The third-order valence-electron chi connectivity index (χ3n) is 3.35. The number of allylic oxidation sites excluding steroid dienone is 1. The van der Waals surface area contributed by atoms with Crippen LogP contribution in [0.5, 0.6) is 0 Å². The predicted molar refractivity (Wildman–Crippen MR) is 96.4 cm³/mol. The molecule has 0 saturated heterocycles. The van der Waals surface area contributed by atoms with E-state index in [9.17, 15) is 0 Å². The van der Waals surface area contributed by atoms with E-state index in [2.05, 4.69) is 59.8 Å². The van der Waals surface area contributed by atoms with Crippen molar-refractivity contribution in [3.63, 3.8) is 0 Å². The monoisotopic (exact) mass is 298 g/mol. The topological polar surface area (TPSA) is 62.8 Å². The van der Waals surface area contributed by atoms with E-state index in [0.29, 0.717) is 12.4 Å². The first-order chi connectivity index (χ1) is 10.6. The zero-order valence-corrected chi connectivity index (χ0v) is 13.4. The van der Waals surface area contributed by atoms with Crippen LogP contribution in [0.4, 0.5) is 0 Å². The summed E-state index contributed by atoms with van der Waals surface area (Å²) in [5.41, 5.74) is 10.1. The van der Waals surface area contributed by atoms with Crippen LogP contribution in [0.25, 0.3) is 0 Å². The van der Waals surface area contributed by atoms with Gasteiger partial charge >= 0.3 is 0 Å². The van der Waals surface area contributed by atoms with Crippen LogP contribution in [-0.4, -0.2) is 26.1 Å². The molecule has 0 fully saturated rings. The van der Waals surface area contributed by atoms with Crippen molar-refractivity contribution in [3.8, 4) is 0 Å². The first-order valence-electron chi connectivity index (χ1n) is 7.46. The van der Waals surface area contributed by atoms with Gasteiger partial charge in [0, 0.05) is 12.8 Å². The molecule has 0 atom stereocenters. The van der Waals surface area contributed by atoms with Gasteiger partial charge in [-0.25, -0.2) is 0 Å². The average Bonchev–Trinajstić information content (AvgIpc) is 2.50. The van der Waals surface area contributed by atoms with Gasteiger partial charge in [-0.3, -0.25) is 15.3 Å². The van der Waals surface area contributed by atoms with Crippen molar-refractivity contribution in [2.24, 2.45) is 15.7 Å². The number of aryl methyl sites for hydroxylation is 2. The molecule has 1 aromatic carbocycles. The molecule has 0 radical (unpaired) electrons. The van der Waals surface area contributed by atoms with Crippen molar-refractivity contribution in [2.45, 2.75) is 26.2 Å². The van der Waals surface area contributed by atoms with Crippen molar-refractivity contribution < 1.29 is 0 Å². The van der Waals surface area contributed by atoms with Gasteiger partial charge in [-0.15, -0.1) is 0 Å². The lowest BCUT2D eigenvalue weighted by Gasteiger charge is -2.08. The molecular formula is C18H26N4. The van der Waals surface area contributed by atoms with E-state index in [1.165, 1.54) is 22.9 Å². The Morgan fingerprint density at radius 3 is 2.82 bits per heavy atom. The summed E-state index contributed by atoms with van der Waals surface area (Å²) < 4.78 is 0. The van der Waals surface area contributed by atoms with Crippen LogP contribution < -0.4 is 11.1 Å². The highest BCUT2D eigenvalue weighted by atomic mass is 15.0. The molecular weight excluding hydrogens is 272 g/mol. The van der Waals surface area contributed by atoms with Gasteiger partial charge in [-0.05, 0) is 44.0 Å². The number of hydrogen-bond acceptors (Lipinski definition) is 4. The van der Waals surface area contributed by atoms with E-state index in [-0.39, 0.29) is 0 Å². The normalized spacial score (nSPS) is 11.8. The molecule has 0 heterocycles. The second-order valence-electron chi connectivity index (χ2n) is 5.21. The van der Waals surface area contributed by atoms with Gasteiger partial charge in [0.15, 0.2) is 0 Å². The summed E-state index contributed by atoms with van der Waals surface area (Å²) in [7, 11) is 0. The van der Waals surface area contributed by atoms with Crippen LogP contribution in [0.3, 0.4) is 0 Å². The van der Waals surface area contributed by atoms with E-state index in [1.54, 1.807) is 6.21 Å². The van der Waals surface area contributed by atoms with Crippen LogP contribution in [0.15, 0.2) is 58.3 Å². The molecule has 0 bridgehead atoms. The SMILES string of the molecule is C=N/C=C(/N)C=NCNCCC(=C)CCc1ccccc1C.